The Balaban J connectivity index is 1.98. The maximum atomic E-state index is 12.8. The summed E-state index contributed by atoms with van der Waals surface area (Å²) in [5.41, 5.74) is 1.31. The van der Waals surface area contributed by atoms with E-state index in [1.165, 1.54) is 31.2 Å². The zero-order chi connectivity index (χ0) is 10.7. The third-order valence-electron chi connectivity index (χ3n) is 3.41. The van der Waals surface area contributed by atoms with Crippen molar-refractivity contribution in [2.75, 3.05) is 5.33 Å². The second-order valence-corrected chi connectivity index (χ2v) is 5.07. The molecule has 0 unspecified atom stereocenters. The van der Waals surface area contributed by atoms with Crippen molar-refractivity contribution >= 4 is 15.9 Å². The van der Waals surface area contributed by atoms with Crippen molar-refractivity contribution in [1.82, 2.24) is 0 Å². The highest BCUT2D eigenvalue weighted by atomic mass is 79.9. The number of alkyl halides is 1. The molecular weight excluding hydrogens is 255 g/mol. The first-order valence-corrected chi connectivity index (χ1v) is 6.73. The van der Waals surface area contributed by atoms with Gasteiger partial charge >= 0.3 is 0 Å². The van der Waals surface area contributed by atoms with Crippen LogP contribution in [0.3, 0.4) is 0 Å². The molecule has 0 nitrogen and oxygen atoms in total. The average molecular weight is 271 g/mol. The van der Waals surface area contributed by atoms with Crippen LogP contribution in [0.1, 0.15) is 37.2 Å². The standard InChI is InChI=1S/C13H16BrF/c14-9-10-1-3-11(4-2-10)12-5-7-13(15)8-6-12/h5-8,10-11H,1-4,9H2. The van der Waals surface area contributed by atoms with E-state index in [0.717, 1.165) is 11.2 Å². The highest BCUT2D eigenvalue weighted by Gasteiger charge is 2.21. The van der Waals surface area contributed by atoms with E-state index < -0.39 is 0 Å². The van der Waals surface area contributed by atoms with Crippen LogP contribution < -0.4 is 0 Å². The van der Waals surface area contributed by atoms with Gasteiger partial charge < -0.3 is 0 Å². The summed E-state index contributed by atoms with van der Waals surface area (Å²) in [4.78, 5) is 0. The van der Waals surface area contributed by atoms with Gasteiger partial charge in [0.15, 0.2) is 0 Å². The van der Waals surface area contributed by atoms with Crippen molar-refractivity contribution in [2.45, 2.75) is 31.6 Å². The zero-order valence-electron chi connectivity index (χ0n) is 8.76. The highest BCUT2D eigenvalue weighted by molar-refractivity contribution is 9.09. The summed E-state index contributed by atoms with van der Waals surface area (Å²) in [5, 5.41) is 1.13. The van der Waals surface area contributed by atoms with Crippen molar-refractivity contribution in [3.8, 4) is 0 Å². The zero-order valence-corrected chi connectivity index (χ0v) is 10.3. The SMILES string of the molecule is Fc1ccc(C2CCC(CBr)CC2)cc1. The van der Waals surface area contributed by atoms with Gasteiger partial charge in [-0.25, -0.2) is 4.39 Å². The van der Waals surface area contributed by atoms with Crippen molar-refractivity contribution in [2.24, 2.45) is 5.92 Å². The molecule has 0 bridgehead atoms. The molecule has 1 fully saturated rings. The van der Waals surface area contributed by atoms with E-state index in [1.54, 1.807) is 12.1 Å². The van der Waals surface area contributed by atoms with Gasteiger partial charge in [-0.3, -0.25) is 0 Å². The molecule has 0 saturated heterocycles. The van der Waals surface area contributed by atoms with Crippen LogP contribution in [-0.4, -0.2) is 5.33 Å². The second kappa shape index (κ2) is 5.11. The first-order chi connectivity index (χ1) is 7.29. The maximum absolute atomic E-state index is 12.8. The molecule has 82 valence electrons. The van der Waals surface area contributed by atoms with Crippen LogP contribution in [0.5, 0.6) is 0 Å². The lowest BCUT2D eigenvalue weighted by molar-refractivity contribution is 0.354. The van der Waals surface area contributed by atoms with Gasteiger partial charge in [0.25, 0.3) is 0 Å². The number of hydrogen-bond donors (Lipinski definition) is 0. The number of hydrogen-bond acceptors (Lipinski definition) is 0. The fourth-order valence-corrected chi connectivity index (χ4v) is 3.03. The summed E-state index contributed by atoms with van der Waals surface area (Å²) in [6, 6.07) is 7.03. The van der Waals surface area contributed by atoms with Gasteiger partial charge in [-0.05, 0) is 55.2 Å². The number of rotatable bonds is 2. The van der Waals surface area contributed by atoms with Gasteiger partial charge in [-0.1, -0.05) is 28.1 Å². The molecule has 0 aromatic heterocycles. The Morgan fingerprint density at radius 2 is 1.67 bits per heavy atom. The summed E-state index contributed by atoms with van der Waals surface area (Å²) in [5.74, 6) is 1.37. The molecule has 0 aliphatic heterocycles. The first-order valence-electron chi connectivity index (χ1n) is 5.61. The number of benzene rings is 1. The molecule has 1 aliphatic rings. The summed E-state index contributed by atoms with van der Waals surface area (Å²) >= 11 is 3.55. The van der Waals surface area contributed by atoms with E-state index in [2.05, 4.69) is 15.9 Å². The van der Waals surface area contributed by atoms with Crippen LogP contribution in [0.4, 0.5) is 4.39 Å². The van der Waals surface area contributed by atoms with Crippen LogP contribution in [0.15, 0.2) is 24.3 Å². The lowest BCUT2D eigenvalue weighted by Crippen LogP contribution is -2.14. The summed E-state index contributed by atoms with van der Waals surface area (Å²) in [7, 11) is 0. The van der Waals surface area contributed by atoms with Gasteiger partial charge in [-0.15, -0.1) is 0 Å². The molecular formula is C13H16BrF. The summed E-state index contributed by atoms with van der Waals surface area (Å²) in [6.07, 6.45) is 5.10. The molecule has 0 radical (unpaired) electrons. The molecule has 1 aromatic rings. The fraction of sp³-hybridized carbons (Fsp3) is 0.538. The number of halogens is 2. The minimum atomic E-state index is -0.132. The first kappa shape index (κ1) is 11.1. The van der Waals surface area contributed by atoms with Gasteiger partial charge in [0.05, 0.1) is 0 Å². The van der Waals surface area contributed by atoms with E-state index >= 15 is 0 Å². The van der Waals surface area contributed by atoms with Crippen molar-refractivity contribution in [1.29, 1.82) is 0 Å². The fourth-order valence-electron chi connectivity index (χ4n) is 2.39. The Hall–Kier alpha value is -0.370. The summed E-state index contributed by atoms with van der Waals surface area (Å²) < 4.78 is 12.8. The molecule has 1 saturated carbocycles. The Morgan fingerprint density at radius 1 is 1.07 bits per heavy atom. The third kappa shape index (κ3) is 2.81. The quantitative estimate of drug-likeness (QED) is 0.695. The maximum Gasteiger partial charge on any atom is 0.123 e. The van der Waals surface area contributed by atoms with Crippen LogP contribution >= 0.6 is 15.9 Å². The van der Waals surface area contributed by atoms with Crippen LogP contribution in [0.2, 0.25) is 0 Å². The van der Waals surface area contributed by atoms with E-state index in [4.69, 9.17) is 0 Å². The van der Waals surface area contributed by atoms with Crippen LogP contribution in [0.25, 0.3) is 0 Å². The van der Waals surface area contributed by atoms with E-state index in [0.29, 0.717) is 5.92 Å². The monoisotopic (exact) mass is 270 g/mol. The molecule has 1 aromatic carbocycles. The molecule has 0 N–H and O–H groups in total. The minimum Gasteiger partial charge on any atom is -0.207 e. The largest absolute Gasteiger partial charge is 0.207 e. The lowest BCUT2D eigenvalue weighted by Gasteiger charge is -2.27. The van der Waals surface area contributed by atoms with E-state index in [1.807, 2.05) is 12.1 Å². The van der Waals surface area contributed by atoms with Gasteiger partial charge in [0, 0.05) is 5.33 Å². The molecule has 0 spiro atoms. The molecule has 2 heteroatoms. The molecule has 0 atom stereocenters. The van der Waals surface area contributed by atoms with E-state index in [9.17, 15) is 4.39 Å². The summed E-state index contributed by atoms with van der Waals surface area (Å²) in [6.45, 7) is 0. The van der Waals surface area contributed by atoms with Gasteiger partial charge in [0.2, 0.25) is 0 Å². The van der Waals surface area contributed by atoms with Crippen LogP contribution in [-0.2, 0) is 0 Å². The Kier molecular flexibility index (Phi) is 3.79. The highest BCUT2D eigenvalue weighted by Crippen LogP contribution is 2.36. The lowest BCUT2D eigenvalue weighted by atomic mass is 9.79. The molecule has 2 rings (SSSR count). The smallest absolute Gasteiger partial charge is 0.123 e. The molecule has 15 heavy (non-hydrogen) atoms. The van der Waals surface area contributed by atoms with Crippen molar-refractivity contribution in [3.63, 3.8) is 0 Å². The van der Waals surface area contributed by atoms with Gasteiger partial charge in [-0.2, -0.15) is 0 Å². The van der Waals surface area contributed by atoms with Gasteiger partial charge in [0.1, 0.15) is 5.82 Å². The van der Waals surface area contributed by atoms with E-state index in [-0.39, 0.29) is 5.82 Å². The average Bonchev–Trinajstić information content (AvgIpc) is 2.30. The Morgan fingerprint density at radius 3 is 2.20 bits per heavy atom. The topological polar surface area (TPSA) is 0 Å². The Labute approximate surface area is 99.0 Å². The third-order valence-corrected chi connectivity index (χ3v) is 4.32. The second-order valence-electron chi connectivity index (χ2n) is 4.42. The molecule has 0 amide bonds. The van der Waals surface area contributed by atoms with Crippen molar-refractivity contribution in [3.05, 3.63) is 35.6 Å². The predicted octanol–water partition coefficient (Wildman–Crippen LogP) is 4.49. The Bertz CT molecular complexity index is 299. The van der Waals surface area contributed by atoms with Crippen molar-refractivity contribution < 1.29 is 4.39 Å². The molecule has 1 aliphatic carbocycles. The minimum absolute atomic E-state index is 0.132. The van der Waals surface area contributed by atoms with Crippen LogP contribution in [0, 0.1) is 11.7 Å². The normalized spacial score (nSPS) is 26.5. The predicted molar refractivity (Wildman–Crippen MR) is 64.9 cm³/mol. The molecule has 0 heterocycles.